The Bertz CT molecular complexity index is 1320. The molecular formula is C28H27N5OS. The van der Waals surface area contributed by atoms with Crippen molar-refractivity contribution >= 4 is 28.9 Å². The van der Waals surface area contributed by atoms with Crippen molar-refractivity contribution in [2.24, 2.45) is 0 Å². The third-order valence-electron chi connectivity index (χ3n) is 6.19. The van der Waals surface area contributed by atoms with Crippen molar-refractivity contribution in [2.75, 3.05) is 11.9 Å². The van der Waals surface area contributed by atoms with E-state index in [1.165, 1.54) is 0 Å². The van der Waals surface area contributed by atoms with E-state index in [4.69, 9.17) is 12.2 Å². The number of carbonyl (C=O) groups is 1. The molecule has 1 amide bonds. The Morgan fingerprint density at radius 2 is 1.89 bits per heavy atom. The molecule has 0 saturated carbocycles. The van der Waals surface area contributed by atoms with Crippen LogP contribution in [-0.2, 0) is 4.79 Å². The summed E-state index contributed by atoms with van der Waals surface area (Å²) in [7, 11) is 0. The van der Waals surface area contributed by atoms with Crippen LogP contribution in [-0.4, -0.2) is 32.0 Å². The van der Waals surface area contributed by atoms with E-state index < -0.39 is 0 Å². The molecule has 176 valence electrons. The van der Waals surface area contributed by atoms with Gasteiger partial charge in [0.1, 0.15) is 0 Å². The summed E-state index contributed by atoms with van der Waals surface area (Å²) in [4.78, 5) is 19.5. The molecule has 1 aliphatic rings. The Labute approximate surface area is 210 Å². The second kappa shape index (κ2) is 10.1. The molecule has 0 aliphatic carbocycles. The van der Waals surface area contributed by atoms with Gasteiger partial charge in [-0.15, -0.1) is 0 Å². The van der Waals surface area contributed by atoms with Crippen LogP contribution in [0, 0.1) is 6.92 Å². The van der Waals surface area contributed by atoms with E-state index in [1.807, 2.05) is 67.6 Å². The van der Waals surface area contributed by atoms with Crippen LogP contribution < -0.4 is 10.6 Å². The molecule has 2 aromatic carbocycles. The van der Waals surface area contributed by atoms with Crippen LogP contribution in [0.5, 0.6) is 0 Å². The first-order chi connectivity index (χ1) is 17.1. The van der Waals surface area contributed by atoms with Gasteiger partial charge in [0.15, 0.2) is 5.11 Å². The summed E-state index contributed by atoms with van der Waals surface area (Å²) in [5.74, 6) is -0.0414. The SMILES string of the molecule is Cc1cccc(NC(=O)CCN2C(=S)NC(c3ccccn3)C2c2ccn(-c3ccccc3)c2)c1. The Balaban J connectivity index is 1.39. The monoisotopic (exact) mass is 481 g/mol. The molecule has 6 nitrogen and oxygen atoms in total. The smallest absolute Gasteiger partial charge is 0.226 e. The van der Waals surface area contributed by atoms with Gasteiger partial charge < -0.3 is 20.1 Å². The second-order valence-electron chi connectivity index (χ2n) is 8.68. The maximum absolute atomic E-state index is 12.8. The molecule has 35 heavy (non-hydrogen) atoms. The quantitative estimate of drug-likeness (QED) is 0.356. The van der Waals surface area contributed by atoms with Crippen molar-refractivity contribution in [3.8, 4) is 5.69 Å². The maximum Gasteiger partial charge on any atom is 0.226 e. The van der Waals surface area contributed by atoms with Crippen LogP contribution in [0.2, 0.25) is 0 Å². The lowest BCUT2D eigenvalue weighted by Gasteiger charge is -2.27. The minimum absolute atomic E-state index is 0.0414. The molecule has 4 aromatic rings. The number of hydrogen-bond donors (Lipinski definition) is 2. The van der Waals surface area contributed by atoms with Crippen LogP contribution in [0.3, 0.4) is 0 Å². The van der Waals surface area contributed by atoms with Crippen molar-refractivity contribution < 1.29 is 4.79 Å². The Morgan fingerprint density at radius 1 is 1.06 bits per heavy atom. The first-order valence-corrected chi connectivity index (χ1v) is 12.1. The zero-order chi connectivity index (χ0) is 24.2. The molecule has 2 aromatic heterocycles. The number of hydrogen-bond acceptors (Lipinski definition) is 3. The number of nitrogens with zero attached hydrogens (tertiary/aromatic N) is 3. The molecule has 7 heteroatoms. The van der Waals surface area contributed by atoms with E-state index >= 15 is 0 Å². The van der Waals surface area contributed by atoms with Crippen LogP contribution in [0.15, 0.2) is 97.5 Å². The number of pyridine rings is 1. The van der Waals surface area contributed by atoms with Crippen LogP contribution in [0.1, 0.15) is 35.3 Å². The maximum atomic E-state index is 12.8. The lowest BCUT2D eigenvalue weighted by molar-refractivity contribution is -0.116. The highest BCUT2D eigenvalue weighted by Crippen LogP contribution is 2.39. The first kappa shape index (κ1) is 22.8. The molecule has 2 N–H and O–H groups in total. The average Bonchev–Trinajstić information content (AvgIpc) is 3.48. The van der Waals surface area contributed by atoms with Gasteiger partial charge in [0.2, 0.25) is 5.91 Å². The summed E-state index contributed by atoms with van der Waals surface area (Å²) < 4.78 is 2.11. The average molecular weight is 482 g/mol. The summed E-state index contributed by atoms with van der Waals surface area (Å²) >= 11 is 5.74. The van der Waals surface area contributed by atoms with E-state index in [9.17, 15) is 4.79 Å². The van der Waals surface area contributed by atoms with Gasteiger partial charge in [0.25, 0.3) is 0 Å². The number of carbonyl (C=O) groups excluding carboxylic acids is 1. The third-order valence-corrected chi connectivity index (χ3v) is 6.54. The molecule has 2 atom stereocenters. The van der Waals surface area contributed by atoms with Gasteiger partial charge in [-0.25, -0.2) is 0 Å². The lowest BCUT2D eigenvalue weighted by atomic mass is 9.99. The third kappa shape index (κ3) is 5.10. The number of amides is 1. The number of thiocarbonyl (C=S) groups is 1. The number of para-hydroxylation sites is 1. The Morgan fingerprint density at radius 3 is 2.66 bits per heavy atom. The van der Waals surface area contributed by atoms with Gasteiger partial charge in [-0.3, -0.25) is 9.78 Å². The zero-order valence-corrected chi connectivity index (χ0v) is 20.3. The molecular weight excluding hydrogens is 454 g/mol. The topological polar surface area (TPSA) is 62.2 Å². The summed E-state index contributed by atoms with van der Waals surface area (Å²) in [6.07, 6.45) is 6.31. The van der Waals surface area contributed by atoms with Crippen LogP contribution >= 0.6 is 12.2 Å². The number of rotatable bonds is 7. The first-order valence-electron chi connectivity index (χ1n) is 11.7. The highest BCUT2D eigenvalue weighted by atomic mass is 32.1. The molecule has 5 rings (SSSR count). The molecule has 3 heterocycles. The van der Waals surface area contributed by atoms with Crippen LogP contribution in [0.4, 0.5) is 5.69 Å². The second-order valence-corrected chi connectivity index (χ2v) is 9.06. The van der Waals surface area contributed by atoms with E-state index in [0.29, 0.717) is 18.1 Å². The van der Waals surface area contributed by atoms with Crippen LogP contribution in [0.25, 0.3) is 5.69 Å². The minimum Gasteiger partial charge on any atom is -0.352 e. The van der Waals surface area contributed by atoms with E-state index in [1.54, 1.807) is 6.20 Å². The fourth-order valence-electron chi connectivity index (χ4n) is 4.53. The predicted molar refractivity (Wildman–Crippen MR) is 142 cm³/mol. The standard InChI is InChI=1S/C28H27N5OS/c1-20-8-7-9-22(18-20)30-25(34)14-17-33-27(26(31-28(33)35)24-12-5-6-15-29-24)21-13-16-32(19-21)23-10-3-2-4-11-23/h2-13,15-16,18-19,26-27H,14,17H2,1H3,(H,30,34)(H,31,35). The molecule has 1 aliphatic heterocycles. The van der Waals surface area contributed by atoms with Gasteiger partial charge in [-0.2, -0.15) is 0 Å². The van der Waals surface area contributed by atoms with Gasteiger partial charge in [0.05, 0.1) is 17.8 Å². The number of benzene rings is 2. The highest BCUT2D eigenvalue weighted by Gasteiger charge is 2.40. The summed E-state index contributed by atoms with van der Waals surface area (Å²) in [5, 5.41) is 7.08. The fourth-order valence-corrected chi connectivity index (χ4v) is 4.86. The van der Waals surface area contributed by atoms with E-state index in [0.717, 1.165) is 28.2 Å². The number of aryl methyl sites for hydroxylation is 1. The van der Waals surface area contributed by atoms with Crippen molar-refractivity contribution in [1.29, 1.82) is 0 Å². The highest BCUT2D eigenvalue weighted by molar-refractivity contribution is 7.80. The van der Waals surface area contributed by atoms with Crippen molar-refractivity contribution in [3.05, 3.63) is 114 Å². The van der Waals surface area contributed by atoms with Crippen molar-refractivity contribution in [2.45, 2.75) is 25.4 Å². The number of nitrogens with one attached hydrogen (secondary N) is 2. The molecule has 2 unspecified atom stereocenters. The van der Waals surface area contributed by atoms with Crippen molar-refractivity contribution in [3.63, 3.8) is 0 Å². The van der Waals surface area contributed by atoms with Gasteiger partial charge >= 0.3 is 0 Å². The van der Waals surface area contributed by atoms with Gasteiger partial charge in [-0.05, 0) is 72.7 Å². The Kier molecular flexibility index (Phi) is 6.59. The Hall–Kier alpha value is -3.97. The zero-order valence-electron chi connectivity index (χ0n) is 19.5. The molecule has 0 radical (unpaired) electrons. The molecule has 1 fully saturated rings. The number of aromatic nitrogens is 2. The van der Waals surface area contributed by atoms with Gasteiger partial charge in [-0.1, -0.05) is 36.4 Å². The summed E-state index contributed by atoms with van der Waals surface area (Å²) in [6, 6.07) is 25.8. The normalized spacial score (nSPS) is 17.3. The van der Waals surface area contributed by atoms with Crippen molar-refractivity contribution in [1.82, 2.24) is 19.8 Å². The molecule has 0 bridgehead atoms. The van der Waals surface area contributed by atoms with Gasteiger partial charge in [0, 0.05) is 42.9 Å². The number of anilines is 1. The van der Waals surface area contributed by atoms with E-state index in [2.05, 4.69) is 55.7 Å². The fraction of sp³-hybridized carbons (Fsp3) is 0.179. The summed E-state index contributed by atoms with van der Waals surface area (Å²) in [5.41, 5.74) is 5.02. The van der Waals surface area contributed by atoms with E-state index in [-0.39, 0.29) is 18.0 Å². The largest absolute Gasteiger partial charge is 0.352 e. The summed E-state index contributed by atoms with van der Waals surface area (Å²) in [6.45, 7) is 2.50. The lowest BCUT2D eigenvalue weighted by Crippen LogP contribution is -2.32. The molecule has 1 saturated heterocycles. The minimum atomic E-state index is -0.116. The molecule has 0 spiro atoms. The predicted octanol–water partition coefficient (Wildman–Crippen LogP) is 5.18.